The SMILES string of the molecule is CCc1cc(=O)oc2nc(OCCOC3CCCC3)[nH]c(=O)c12. The highest BCUT2D eigenvalue weighted by atomic mass is 16.5. The zero-order valence-electron chi connectivity index (χ0n) is 13.1. The van der Waals surface area contributed by atoms with E-state index < -0.39 is 5.63 Å². The van der Waals surface area contributed by atoms with Crippen molar-refractivity contribution in [3.05, 3.63) is 32.4 Å². The molecule has 0 aromatic carbocycles. The Kier molecular flexibility index (Phi) is 4.76. The highest BCUT2D eigenvalue weighted by Crippen LogP contribution is 2.20. The van der Waals surface area contributed by atoms with Crippen molar-refractivity contribution in [1.82, 2.24) is 9.97 Å². The van der Waals surface area contributed by atoms with Crippen LogP contribution >= 0.6 is 0 Å². The lowest BCUT2D eigenvalue weighted by Gasteiger charge is -2.11. The standard InChI is InChI=1S/C16H20N2O5/c1-2-10-9-12(19)23-15-13(10)14(20)17-16(18-15)22-8-7-21-11-5-3-4-6-11/h9,11H,2-8H2,1H3,(H,17,18,20). The number of fused-ring (bicyclic) bond motifs is 1. The number of nitrogens with one attached hydrogen (secondary N) is 1. The molecule has 0 atom stereocenters. The van der Waals surface area contributed by atoms with Crippen molar-refractivity contribution in [3.8, 4) is 6.01 Å². The van der Waals surface area contributed by atoms with E-state index in [1.54, 1.807) is 0 Å². The van der Waals surface area contributed by atoms with Gasteiger partial charge in [0, 0.05) is 6.07 Å². The molecule has 0 amide bonds. The van der Waals surface area contributed by atoms with E-state index in [1.165, 1.54) is 18.9 Å². The van der Waals surface area contributed by atoms with Crippen LogP contribution in [0.5, 0.6) is 6.01 Å². The molecule has 23 heavy (non-hydrogen) atoms. The molecule has 0 bridgehead atoms. The van der Waals surface area contributed by atoms with Gasteiger partial charge in [0.25, 0.3) is 11.6 Å². The van der Waals surface area contributed by atoms with Crippen LogP contribution in [0.15, 0.2) is 20.1 Å². The summed E-state index contributed by atoms with van der Waals surface area (Å²) in [4.78, 5) is 30.3. The average Bonchev–Trinajstić information content (AvgIpc) is 3.03. The van der Waals surface area contributed by atoms with Crippen LogP contribution in [-0.2, 0) is 11.2 Å². The molecule has 2 aromatic rings. The summed E-state index contributed by atoms with van der Waals surface area (Å²) in [7, 11) is 0. The van der Waals surface area contributed by atoms with E-state index in [4.69, 9.17) is 13.9 Å². The van der Waals surface area contributed by atoms with Crippen molar-refractivity contribution >= 4 is 11.1 Å². The van der Waals surface area contributed by atoms with Crippen LogP contribution in [0.2, 0.25) is 0 Å². The van der Waals surface area contributed by atoms with E-state index in [2.05, 4.69) is 9.97 Å². The average molecular weight is 320 g/mol. The summed E-state index contributed by atoms with van der Waals surface area (Å²) in [6.07, 6.45) is 5.47. The van der Waals surface area contributed by atoms with Gasteiger partial charge in [0.15, 0.2) is 0 Å². The van der Waals surface area contributed by atoms with Crippen LogP contribution in [0.1, 0.15) is 38.2 Å². The molecule has 1 fully saturated rings. The summed E-state index contributed by atoms with van der Waals surface area (Å²) in [6.45, 7) is 2.58. The Hall–Kier alpha value is -2.15. The van der Waals surface area contributed by atoms with Gasteiger partial charge < -0.3 is 13.9 Å². The van der Waals surface area contributed by atoms with Gasteiger partial charge in [-0.2, -0.15) is 4.98 Å². The Labute approximate surface area is 132 Å². The minimum absolute atomic E-state index is 0.00445. The number of aryl methyl sites for hydroxylation is 1. The molecule has 0 aliphatic heterocycles. The van der Waals surface area contributed by atoms with Crippen LogP contribution in [0.4, 0.5) is 0 Å². The molecule has 1 saturated carbocycles. The second kappa shape index (κ2) is 6.95. The molecule has 7 heteroatoms. The van der Waals surface area contributed by atoms with Gasteiger partial charge in [0.2, 0.25) is 5.71 Å². The first-order chi connectivity index (χ1) is 11.2. The van der Waals surface area contributed by atoms with Gasteiger partial charge in [-0.25, -0.2) is 4.79 Å². The van der Waals surface area contributed by atoms with Crippen molar-refractivity contribution in [3.63, 3.8) is 0 Å². The third-order valence-electron chi connectivity index (χ3n) is 4.03. The number of aromatic amines is 1. The molecule has 1 aliphatic carbocycles. The first-order valence-electron chi connectivity index (χ1n) is 7.99. The maximum Gasteiger partial charge on any atom is 0.337 e. The Bertz CT molecular complexity index is 789. The van der Waals surface area contributed by atoms with Crippen LogP contribution in [0, 0.1) is 0 Å². The van der Waals surface area contributed by atoms with E-state index in [9.17, 15) is 9.59 Å². The molecule has 124 valence electrons. The van der Waals surface area contributed by atoms with Gasteiger partial charge >= 0.3 is 5.63 Å². The number of hydrogen-bond donors (Lipinski definition) is 1. The summed E-state index contributed by atoms with van der Waals surface area (Å²) in [6, 6.07) is 1.35. The monoisotopic (exact) mass is 320 g/mol. The predicted molar refractivity (Wildman–Crippen MR) is 84.0 cm³/mol. The molecule has 0 saturated heterocycles. The topological polar surface area (TPSA) is 94.4 Å². The maximum atomic E-state index is 12.2. The van der Waals surface area contributed by atoms with Crippen molar-refractivity contribution in [2.45, 2.75) is 45.1 Å². The first kappa shape index (κ1) is 15.7. The van der Waals surface area contributed by atoms with E-state index in [1.807, 2.05) is 6.92 Å². The number of hydrogen-bond acceptors (Lipinski definition) is 6. The lowest BCUT2D eigenvalue weighted by atomic mass is 10.1. The zero-order chi connectivity index (χ0) is 16.2. The predicted octanol–water partition coefficient (Wildman–Crippen LogP) is 1.78. The van der Waals surface area contributed by atoms with Crippen molar-refractivity contribution in [1.29, 1.82) is 0 Å². The fourth-order valence-corrected chi connectivity index (χ4v) is 2.88. The largest absolute Gasteiger partial charge is 0.462 e. The number of ether oxygens (including phenoxy) is 2. The Morgan fingerprint density at radius 2 is 2.09 bits per heavy atom. The molecule has 0 unspecified atom stereocenters. The minimum Gasteiger partial charge on any atom is -0.462 e. The van der Waals surface area contributed by atoms with E-state index in [-0.39, 0.29) is 23.9 Å². The Morgan fingerprint density at radius 1 is 1.30 bits per heavy atom. The molecule has 2 aromatic heterocycles. The number of H-pyrrole nitrogens is 1. The lowest BCUT2D eigenvalue weighted by Crippen LogP contribution is -2.18. The summed E-state index contributed by atoms with van der Waals surface area (Å²) >= 11 is 0. The molecular formula is C16H20N2O5. The summed E-state index contributed by atoms with van der Waals surface area (Å²) in [5, 5.41) is 0.293. The van der Waals surface area contributed by atoms with Gasteiger partial charge in [-0.1, -0.05) is 19.8 Å². The van der Waals surface area contributed by atoms with Gasteiger partial charge in [-0.15, -0.1) is 0 Å². The molecule has 0 spiro atoms. The van der Waals surface area contributed by atoms with E-state index in [0.29, 0.717) is 30.1 Å². The fraction of sp³-hybridized carbons (Fsp3) is 0.562. The molecule has 0 radical (unpaired) electrons. The Balaban J connectivity index is 1.71. The highest BCUT2D eigenvalue weighted by Gasteiger charge is 2.15. The smallest absolute Gasteiger partial charge is 0.337 e. The maximum absolute atomic E-state index is 12.2. The summed E-state index contributed by atoms with van der Waals surface area (Å²) < 4.78 is 16.1. The quantitative estimate of drug-likeness (QED) is 0.815. The van der Waals surface area contributed by atoms with Crippen molar-refractivity contribution in [2.75, 3.05) is 13.2 Å². The Morgan fingerprint density at radius 3 is 2.83 bits per heavy atom. The van der Waals surface area contributed by atoms with Crippen molar-refractivity contribution in [2.24, 2.45) is 0 Å². The fourth-order valence-electron chi connectivity index (χ4n) is 2.88. The van der Waals surface area contributed by atoms with Gasteiger partial charge in [-0.3, -0.25) is 9.78 Å². The molecular weight excluding hydrogens is 300 g/mol. The molecule has 1 N–H and O–H groups in total. The summed E-state index contributed by atoms with van der Waals surface area (Å²) in [5.41, 5.74) is -0.281. The third-order valence-corrected chi connectivity index (χ3v) is 4.03. The molecule has 3 rings (SSSR count). The molecule has 1 aliphatic rings. The zero-order valence-corrected chi connectivity index (χ0v) is 13.1. The third kappa shape index (κ3) is 3.61. The van der Waals surface area contributed by atoms with Crippen LogP contribution < -0.4 is 15.9 Å². The second-order valence-corrected chi connectivity index (χ2v) is 5.62. The highest BCUT2D eigenvalue weighted by molar-refractivity contribution is 5.75. The van der Waals surface area contributed by atoms with Crippen LogP contribution in [0.3, 0.4) is 0 Å². The van der Waals surface area contributed by atoms with Crippen molar-refractivity contribution < 1.29 is 13.9 Å². The van der Waals surface area contributed by atoms with Crippen LogP contribution in [-0.4, -0.2) is 29.3 Å². The first-order valence-corrected chi connectivity index (χ1v) is 7.99. The lowest BCUT2D eigenvalue weighted by molar-refractivity contribution is 0.0364. The molecule has 2 heterocycles. The summed E-state index contributed by atoms with van der Waals surface area (Å²) in [5.74, 6) is 0. The number of aromatic nitrogens is 2. The van der Waals surface area contributed by atoms with Gasteiger partial charge in [0.1, 0.15) is 12.0 Å². The van der Waals surface area contributed by atoms with E-state index >= 15 is 0 Å². The number of rotatable bonds is 6. The van der Waals surface area contributed by atoms with Gasteiger partial charge in [0.05, 0.1) is 12.7 Å². The minimum atomic E-state index is -0.525. The van der Waals surface area contributed by atoms with E-state index in [0.717, 1.165) is 12.8 Å². The van der Waals surface area contributed by atoms with Gasteiger partial charge in [-0.05, 0) is 24.8 Å². The normalized spacial score (nSPS) is 15.3. The number of nitrogens with zero attached hydrogens (tertiary/aromatic N) is 1. The second-order valence-electron chi connectivity index (χ2n) is 5.62. The van der Waals surface area contributed by atoms with Crippen LogP contribution in [0.25, 0.3) is 11.1 Å². The molecule has 7 nitrogen and oxygen atoms in total.